The van der Waals surface area contributed by atoms with E-state index in [2.05, 4.69) is 0 Å². The van der Waals surface area contributed by atoms with Gasteiger partial charge in [0.2, 0.25) is 6.43 Å². The van der Waals surface area contributed by atoms with Crippen LogP contribution >= 0.6 is 0 Å². The Morgan fingerprint density at radius 3 is 2.41 bits per heavy atom. The summed E-state index contributed by atoms with van der Waals surface area (Å²) in [6.45, 7) is -0.590. The van der Waals surface area contributed by atoms with Gasteiger partial charge in [0.05, 0.1) is 0 Å². The standard InChI is InChI=1S/C11H12F3NO2/c12-8-4-2-1-3-7(8)11(6-15,10(16)17)5-9(13)14/h1-4,9H,5-6,15H2,(H,16,17). The lowest BCUT2D eigenvalue weighted by Gasteiger charge is -2.28. The monoisotopic (exact) mass is 247 g/mol. The van der Waals surface area contributed by atoms with Crippen LogP contribution in [0.25, 0.3) is 0 Å². The van der Waals surface area contributed by atoms with Crippen LogP contribution in [0.4, 0.5) is 13.2 Å². The van der Waals surface area contributed by atoms with Gasteiger partial charge >= 0.3 is 5.97 Å². The van der Waals surface area contributed by atoms with Crippen LogP contribution in [0.15, 0.2) is 24.3 Å². The van der Waals surface area contributed by atoms with Crippen molar-refractivity contribution in [3.8, 4) is 0 Å². The van der Waals surface area contributed by atoms with E-state index in [9.17, 15) is 18.0 Å². The molecule has 0 radical (unpaired) electrons. The Labute approximate surface area is 96.0 Å². The van der Waals surface area contributed by atoms with Crippen LogP contribution in [-0.4, -0.2) is 24.0 Å². The first-order chi connectivity index (χ1) is 7.94. The molecule has 17 heavy (non-hydrogen) atoms. The summed E-state index contributed by atoms with van der Waals surface area (Å²) in [5.74, 6) is -2.40. The molecule has 1 aromatic carbocycles. The molecular weight excluding hydrogens is 235 g/mol. The van der Waals surface area contributed by atoms with E-state index in [-0.39, 0.29) is 5.56 Å². The molecule has 1 rings (SSSR count). The zero-order chi connectivity index (χ0) is 13.1. The summed E-state index contributed by atoms with van der Waals surface area (Å²) < 4.78 is 38.4. The number of benzene rings is 1. The van der Waals surface area contributed by atoms with E-state index in [1.165, 1.54) is 18.2 Å². The van der Waals surface area contributed by atoms with Crippen molar-refractivity contribution < 1.29 is 23.1 Å². The van der Waals surface area contributed by atoms with E-state index < -0.39 is 36.6 Å². The Balaban J connectivity index is 3.32. The number of carboxylic acid groups (broad SMARTS) is 1. The molecule has 3 nitrogen and oxygen atoms in total. The van der Waals surface area contributed by atoms with Crippen molar-refractivity contribution in [3.05, 3.63) is 35.6 Å². The highest BCUT2D eigenvalue weighted by Gasteiger charge is 2.43. The van der Waals surface area contributed by atoms with E-state index in [1.807, 2.05) is 0 Å². The zero-order valence-corrected chi connectivity index (χ0v) is 8.87. The highest BCUT2D eigenvalue weighted by atomic mass is 19.3. The second-order valence-corrected chi connectivity index (χ2v) is 3.67. The Morgan fingerprint density at radius 1 is 1.41 bits per heavy atom. The quantitative estimate of drug-likeness (QED) is 0.833. The molecule has 0 aliphatic carbocycles. The summed E-state index contributed by atoms with van der Waals surface area (Å²) in [7, 11) is 0. The Kier molecular flexibility index (Phi) is 4.11. The molecule has 0 heterocycles. The van der Waals surface area contributed by atoms with Gasteiger partial charge in [0, 0.05) is 18.5 Å². The van der Waals surface area contributed by atoms with Gasteiger partial charge in [0.25, 0.3) is 0 Å². The topological polar surface area (TPSA) is 63.3 Å². The van der Waals surface area contributed by atoms with Crippen LogP contribution in [0, 0.1) is 5.82 Å². The van der Waals surface area contributed by atoms with Gasteiger partial charge in [-0.05, 0) is 6.07 Å². The molecule has 0 amide bonds. The predicted molar refractivity (Wildman–Crippen MR) is 55.4 cm³/mol. The summed E-state index contributed by atoms with van der Waals surface area (Å²) in [5, 5.41) is 9.07. The van der Waals surface area contributed by atoms with Crippen LogP contribution in [-0.2, 0) is 10.2 Å². The number of halogens is 3. The Morgan fingerprint density at radius 2 is 2.00 bits per heavy atom. The number of hydrogen-bond acceptors (Lipinski definition) is 2. The van der Waals surface area contributed by atoms with Crippen LogP contribution in [0.5, 0.6) is 0 Å². The molecule has 0 aliphatic heterocycles. The van der Waals surface area contributed by atoms with E-state index in [0.29, 0.717) is 0 Å². The fourth-order valence-electron chi connectivity index (χ4n) is 1.71. The first-order valence-corrected chi connectivity index (χ1v) is 4.90. The molecule has 6 heteroatoms. The van der Waals surface area contributed by atoms with Crippen LogP contribution < -0.4 is 5.73 Å². The molecule has 94 valence electrons. The molecule has 0 aliphatic rings. The van der Waals surface area contributed by atoms with Gasteiger partial charge in [-0.3, -0.25) is 4.79 Å². The van der Waals surface area contributed by atoms with Crippen molar-refractivity contribution in [2.24, 2.45) is 5.73 Å². The highest BCUT2D eigenvalue weighted by molar-refractivity contribution is 5.82. The number of hydrogen-bond donors (Lipinski definition) is 2. The van der Waals surface area contributed by atoms with Crippen molar-refractivity contribution in [1.82, 2.24) is 0 Å². The number of rotatable bonds is 5. The minimum atomic E-state index is -2.88. The fraction of sp³-hybridized carbons (Fsp3) is 0.364. The van der Waals surface area contributed by atoms with Crippen molar-refractivity contribution in [1.29, 1.82) is 0 Å². The zero-order valence-electron chi connectivity index (χ0n) is 8.87. The van der Waals surface area contributed by atoms with E-state index in [0.717, 1.165) is 6.07 Å². The maximum absolute atomic E-state index is 13.5. The summed E-state index contributed by atoms with van der Waals surface area (Å²) in [4.78, 5) is 11.2. The van der Waals surface area contributed by atoms with E-state index in [4.69, 9.17) is 10.8 Å². The normalized spacial score (nSPS) is 14.6. The number of carbonyl (C=O) groups is 1. The van der Waals surface area contributed by atoms with Gasteiger partial charge in [0.1, 0.15) is 11.2 Å². The lowest BCUT2D eigenvalue weighted by molar-refractivity contribution is -0.145. The fourth-order valence-corrected chi connectivity index (χ4v) is 1.71. The van der Waals surface area contributed by atoms with Crippen molar-refractivity contribution in [2.45, 2.75) is 18.3 Å². The Bertz CT molecular complexity index is 411. The van der Waals surface area contributed by atoms with Gasteiger partial charge in [0.15, 0.2) is 0 Å². The van der Waals surface area contributed by atoms with Gasteiger partial charge in [-0.25, -0.2) is 13.2 Å². The molecule has 0 spiro atoms. The maximum Gasteiger partial charge on any atom is 0.315 e. The van der Waals surface area contributed by atoms with Crippen LogP contribution in [0.2, 0.25) is 0 Å². The van der Waals surface area contributed by atoms with Crippen molar-refractivity contribution >= 4 is 5.97 Å². The van der Waals surface area contributed by atoms with E-state index in [1.54, 1.807) is 0 Å². The van der Waals surface area contributed by atoms with Gasteiger partial charge in [-0.2, -0.15) is 0 Å². The van der Waals surface area contributed by atoms with Crippen LogP contribution in [0.3, 0.4) is 0 Å². The average molecular weight is 247 g/mol. The van der Waals surface area contributed by atoms with Gasteiger partial charge in [-0.15, -0.1) is 0 Å². The lowest BCUT2D eigenvalue weighted by atomic mass is 9.77. The number of alkyl halides is 2. The summed E-state index contributed by atoms with van der Waals surface area (Å²) in [5.41, 5.74) is 2.88. The number of nitrogens with two attached hydrogens (primary N) is 1. The molecule has 1 unspecified atom stereocenters. The highest BCUT2D eigenvalue weighted by Crippen LogP contribution is 2.32. The third kappa shape index (κ3) is 2.58. The van der Waals surface area contributed by atoms with Crippen molar-refractivity contribution in [2.75, 3.05) is 6.54 Å². The summed E-state index contributed by atoms with van der Waals surface area (Å²) in [6, 6.07) is 4.93. The van der Waals surface area contributed by atoms with Crippen LogP contribution in [0.1, 0.15) is 12.0 Å². The SMILES string of the molecule is NCC(CC(F)F)(C(=O)O)c1ccccc1F. The largest absolute Gasteiger partial charge is 0.481 e. The van der Waals surface area contributed by atoms with E-state index >= 15 is 0 Å². The second kappa shape index (κ2) is 5.18. The molecule has 3 N–H and O–H groups in total. The molecule has 0 saturated heterocycles. The number of aliphatic carboxylic acids is 1. The number of carboxylic acids is 1. The molecule has 0 bridgehead atoms. The third-order valence-corrected chi connectivity index (χ3v) is 2.65. The molecular formula is C11H12F3NO2. The van der Waals surface area contributed by atoms with Gasteiger partial charge in [-0.1, -0.05) is 18.2 Å². The van der Waals surface area contributed by atoms with Crippen molar-refractivity contribution in [3.63, 3.8) is 0 Å². The minimum absolute atomic E-state index is 0.310. The third-order valence-electron chi connectivity index (χ3n) is 2.65. The molecule has 0 aromatic heterocycles. The Hall–Kier alpha value is -1.56. The minimum Gasteiger partial charge on any atom is -0.481 e. The lowest BCUT2D eigenvalue weighted by Crippen LogP contribution is -2.45. The average Bonchev–Trinajstić information content (AvgIpc) is 2.26. The summed E-state index contributed by atoms with van der Waals surface area (Å²) >= 11 is 0. The molecule has 0 fully saturated rings. The maximum atomic E-state index is 13.5. The second-order valence-electron chi connectivity index (χ2n) is 3.67. The van der Waals surface area contributed by atoms with Gasteiger partial charge < -0.3 is 10.8 Å². The first-order valence-electron chi connectivity index (χ1n) is 4.90. The molecule has 0 saturated carbocycles. The predicted octanol–water partition coefficient (Wildman–Crippen LogP) is 1.76. The molecule has 1 atom stereocenters. The smallest absolute Gasteiger partial charge is 0.315 e. The first kappa shape index (κ1) is 13.5. The molecule has 1 aromatic rings. The summed E-state index contributed by atoms with van der Waals surface area (Å²) in [6.07, 6.45) is -3.89.